The fraction of sp³-hybridized carbons (Fsp3) is 0.397. The summed E-state index contributed by atoms with van der Waals surface area (Å²) >= 11 is 1.81. The van der Waals surface area contributed by atoms with E-state index in [1.54, 1.807) is 11.7 Å². The van der Waals surface area contributed by atoms with Gasteiger partial charge in [0.15, 0.2) is 5.52 Å². The van der Waals surface area contributed by atoms with Crippen molar-refractivity contribution in [3.05, 3.63) is 141 Å². The number of nitrogens with zero attached hydrogens (tertiary/aromatic N) is 6. The largest absolute Gasteiger partial charge is 0.388 e. The van der Waals surface area contributed by atoms with Gasteiger partial charge >= 0.3 is 0 Å². The molecular weight excluding hydrogens is 905 g/mol. The van der Waals surface area contributed by atoms with Gasteiger partial charge in [-0.3, -0.25) is 23.6 Å². The number of hydrogen-bond acceptors (Lipinski definition) is 8. The number of thiophene rings is 1. The molecule has 0 unspecified atom stereocenters. The Balaban J connectivity index is 0.665. The second kappa shape index (κ2) is 22.3. The van der Waals surface area contributed by atoms with Gasteiger partial charge in [-0.25, -0.2) is 4.98 Å². The number of nitrogens with one attached hydrogen (secondary N) is 2. The molecule has 1 atom stereocenters. The summed E-state index contributed by atoms with van der Waals surface area (Å²) in [5.74, 6) is 0.241. The van der Waals surface area contributed by atoms with Gasteiger partial charge in [-0.2, -0.15) is 5.10 Å². The van der Waals surface area contributed by atoms with E-state index in [9.17, 15) is 19.5 Å². The standard InChI is InChI=1S/C58H68N8O4S/c1-5-66-49-25-20-43(33-48(49)47-24-23-46(34-50(47)66)51-31-40(2)37-71-51)35-59-28-14-9-7-6-8-13-17-52(67)60-36-42-18-21-45(22-19-42)56-54-55(62-63(56)4)57(69)65(39-61-54)38-58(70)26-29-64(30-27-58)53(68)32-41(3)44-15-11-10-12-16-44/h10-12,15-16,18-25,31,33-34,37,39,41,59,70H,5-9,13-14,17,26-30,32,35-36,38H2,1-4H3,(H,60,67)/t41-/m1/s1. The van der Waals surface area contributed by atoms with Gasteiger partial charge < -0.3 is 25.2 Å². The number of aromatic nitrogens is 5. The van der Waals surface area contributed by atoms with E-state index in [1.807, 2.05) is 70.8 Å². The van der Waals surface area contributed by atoms with Gasteiger partial charge in [-0.1, -0.05) is 105 Å². The number of aliphatic hydroxyl groups is 1. The van der Waals surface area contributed by atoms with Crippen LogP contribution in [0.4, 0.5) is 0 Å². The minimum atomic E-state index is -1.14. The van der Waals surface area contributed by atoms with Gasteiger partial charge in [0.1, 0.15) is 5.52 Å². The van der Waals surface area contributed by atoms with Crippen molar-refractivity contribution in [2.75, 3.05) is 19.6 Å². The average Bonchev–Trinajstić information content (AvgIpc) is 4.07. The Kier molecular flexibility index (Phi) is 15.6. The second-order valence-corrected chi connectivity index (χ2v) is 20.7. The summed E-state index contributed by atoms with van der Waals surface area (Å²) in [5, 5.41) is 27.7. The van der Waals surface area contributed by atoms with Crippen molar-refractivity contribution in [3.8, 4) is 21.7 Å². The first kappa shape index (κ1) is 49.6. The number of piperidine rings is 1. The van der Waals surface area contributed by atoms with Crippen LogP contribution in [0, 0.1) is 6.92 Å². The van der Waals surface area contributed by atoms with Crippen LogP contribution in [-0.4, -0.2) is 71.0 Å². The van der Waals surface area contributed by atoms with Crippen molar-refractivity contribution >= 4 is 56.0 Å². The van der Waals surface area contributed by atoms with Crippen LogP contribution in [0.25, 0.3) is 54.5 Å². The van der Waals surface area contributed by atoms with E-state index in [0.29, 0.717) is 50.8 Å². The maximum atomic E-state index is 13.7. The maximum Gasteiger partial charge on any atom is 0.281 e. The van der Waals surface area contributed by atoms with Crippen molar-refractivity contribution in [3.63, 3.8) is 0 Å². The molecule has 1 saturated heterocycles. The highest BCUT2D eigenvalue weighted by Crippen LogP contribution is 2.35. The highest BCUT2D eigenvalue weighted by Gasteiger charge is 2.35. The third kappa shape index (κ3) is 11.5. The summed E-state index contributed by atoms with van der Waals surface area (Å²) in [6.07, 6.45) is 9.71. The third-order valence-corrected chi connectivity index (χ3v) is 15.6. The summed E-state index contributed by atoms with van der Waals surface area (Å²) in [6, 6.07) is 34.0. The molecule has 3 N–H and O–H groups in total. The van der Waals surface area contributed by atoms with Gasteiger partial charge in [0.2, 0.25) is 11.8 Å². The molecule has 4 aromatic carbocycles. The van der Waals surface area contributed by atoms with Gasteiger partial charge in [0, 0.05) is 84.9 Å². The Bertz CT molecular complexity index is 3180. The maximum absolute atomic E-state index is 13.7. The molecule has 0 bridgehead atoms. The van der Waals surface area contributed by atoms with E-state index in [1.165, 1.54) is 67.1 Å². The molecule has 0 radical (unpaired) electrons. The van der Waals surface area contributed by atoms with E-state index in [0.717, 1.165) is 67.7 Å². The van der Waals surface area contributed by atoms with Crippen molar-refractivity contribution in [2.45, 2.75) is 123 Å². The molecule has 370 valence electrons. The molecule has 12 nitrogen and oxygen atoms in total. The summed E-state index contributed by atoms with van der Waals surface area (Å²) < 4.78 is 5.55. The molecule has 71 heavy (non-hydrogen) atoms. The zero-order valence-electron chi connectivity index (χ0n) is 41.8. The van der Waals surface area contributed by atoms with Crippen molar-refractivity contribution in [1.29, 1.82) is 0 Å². The first-order valence-electron chi connectivity index (χ1n) is 25.6. The van der Waals surface area contributed by atoms with Crippen molar-refractivity contribution < 1.29 is 14.7 Å². The average molecular weight is 973 g/mol. The van der Waals surface area contributed by atoms with Crippen LogP contribution in [0.3, 0.4) is 0 Å². The van der Waals surface area contributed by atoms with Gasteiger partial charge in [0.25, 0.3) is 5.56 Å². The number of benzene rings is 4. The number of amides is 2. The Morgan fingerprint density at radius 2 is 1.55 bits per heavy atom. The van der Waals surface area contributed by atoms with Crippen LogP contribution in [0.1, 0.15) is 106 Å². The zero-order chi connectivity index (χ0) is 49.5. The van der Waals surface area contributed by atoms with Crippen LogP contribution in [0.2, 0.25) is 0 Å². The molecule has 2 amide bonds. The summed E-state index contributed by atoms with van der Waals surface area (Å²) in [6.45, 7) is 10.6. The zero-order valence-corrected chi connectivity index (χ0v) is 42.6. The normalized spacial score (nSPS) is 14.2. The van der Waals surface area contributed by atoms with Crippen LogP contribution < -0.4 is 16.2 Å². The molecule has 5 heterocycles. The number of carbonyl (C=O) groups is 2. The first-order chi connectivity index (χ1) is 34.5. The fourth-order valence-corrected chi connectivity index (χ4v) is 11.2. The van der Waals surface area contributed by atoms with E-state index in [2.05, 4.69) is 93.9 Å². The molecule has 0 spiro atoms. The van der Waals surface area contributed by atoms with Crippen LogP contribution in [0.5, 0.6) is 0 Å². The van der Waals surface area contributed by atoms with Gasteiger partial charge in [0.05, 0.1) is 24.2 Å². The monoisotopic (exact) mass is 973 g/mol. The van der Waals surface area contributed by atoms with Crippen LogP contribution in [0.15, 0.2) is 114 Å². The second-order valence-electron chi connectivity index (χ2n) is 19.8. The summed E-state index contributed by atoms with van der Waals surface area (Å²) in [5.41, 5.74) is 9.46. The number of unbranched alkanes of at least 4 members (excludes halogenated alkanes) is 5. The molecule has 9 rings (SSSR count). The van der Waals surface area contributed by atoms with E-state index >= 15 is 0 Å². The summed E-state index contributed by atoms with van der Waals surface area (Å²) in [7, 11) is 1.79. The third-order valence-electron chi connectivity index (χ3n) is 14.5. The highest BCUT2D eigenvalue weighted by atomic mass is 32.1. The van der Waals surface area contributed by atoms with Crippen molar-refractivity contribution in [1.82, 2.24) is 39.4 Å². The molecule has 0 aliphatic carbocycles. The smallest absolute Gasteiger partial charge is 0.281 e. The van der Waals surface area contributed by atoms with E-state index < -0.39 is 5.60 Å². The van der Waals surface area contributed by atoms with Gasteiger partial charge in [-0.15, -0.1) is 11.3 Å². The van der Waals surface area contributed by atoms with E-state index in [-0.39, 0.29) is 35.4 Å². The van der Waals surface area contributed by atoms with Crippen LogP contribution >= 0.6 is 11.3 Å². The lowest BCUT2D eigenvalue weighted by Gasteiger charge is -2.38. The molecule has 4 aromatic heterocycles. The lowest BCUT2D eigenvalue weighted by molar-refractivity contribution is -0.136. The number of likely N-dealkylation sites (tertiary alicyclic amines) is 1. The molecule has 1 aliphatic rings. The van der Waals surface area contributed by atoms with Crippen molar-refractivity contribution in [2.24, 2.45) is 7.05 Å². The SMILES string of the molecule is CCn1c2ccc(CNCCCCCCCCC(=O)NCc3ccc(-c4c5ncn(CC6(O)CCN(C(=O)C[C@@H](C)c7ccccc7)CC6)c(=O)c5nn4C)cc3)cc2c2ccc(-c3cc(C)cs3)cc21. The predicted octanol–water partition coefficient (Wildman–Crippen LogP) is 10.6. The minimum absolute atomic E-state index is 0.0594. The number of carbonyl (C=O) groups excluding carboxylic acids is 2. The Morgan fingerprint density at radius 3 is 2.30 bits per heavy atom. The molecule has 8 aromatic rings. The Labute approximate surface area is 420 Å². The molecular formula is C58H68N8O4S. The fourth-order valence-electron chi connectivity index (χ4n) is 10.3. The Morgan fingerprint density at radius 1 is 0.817 bits per heavy atom. The van der Waals surface area contributed by atoms with Gasteiger partial charge in [-0.05, 0) is 109 Å². The molecule has 0 saturated carbocycles. The number of rotatable bonds is 21. The molecule has 1 fully saturated rings. The lowest BCUT2D eigenvalue weighted by atomic mass is 9.90. The number of hydrogen-bond donors (Lipinski definition) is 3. The first-order valence-corrected chi connectivity index (χ1v) is 26.5. The molecule has 1 aliphatic heterocycles. The summed E-state index contributed by atoms with van der Waals surface area (Å²) in [4.78, 5) is 47.4. The number of fused-ring (bicyclic) bond motifs is 4. The lowest BCUT2D eigenvalue weighted by Crippen LogP contribution is -2.49. The minimum Gasteiger partial charge on any atom is -0.388 e. The van der Waals surface area contributed by atoms with Crippen LogP contribution in [-0.2, 0) is 42.8 Å². The molecule has 13 heteroatoms. The topological polar surface area (TPSA) is 139 Å². The Hall–Kier alpha value is -6.41. The predicted molar refractivity (Wildman–Crippen MR) is 287 cm³/mol. The highest BCUT2D eigenvalue weighted by molar-refractivity contribution is 7.13. The number of aryl methyl sites for hydroxylation is 3. The van der Waals surface area contributed by atoms with E-state index in [4.69, 9.17) is 0 Å². The quantitative estimate of drug-likeness (QED) is 0.0609.